The lowest BCUT2D eigenvalue weighted by molar-refractivity contribution is -0.862. The summed E-state index contributed by atoms with van der Waals surface area (Å²) in [5.74, 6) is -0.499. The molecule has 3 N–H and O–H groups in total. The van der Waals surface area contributed by atoms with Gasteiger partial charge in [-0.15, -0.1) is 0 Å². The Bertz CT molecular complexity index is 753. The Morgan fingerprint density at radius 2 is 1.81 bits per heavy atom. The molecular weight excluding hydrogens is 380 g/mol. The third-order valence-electron chi connectivity index (χ3n) is 3.49. The summed E-state index contributed by atoms with van der Waals surface area (Å²) < 4.78 is 25.5. The van der Waals surface area contributed by atoms with Crippen LogP contribution in [0.1, 0.15) is 13.3 Å². The second kappa shape index (κ2) is 9.86. The summed E-state index contributed by atoms with van der Waals surface area (Å²) in [7, 11) is 0.929. The minimum atomic E-state index is -3.63. The number of halogens is 1. The van der Waals surface area contributed by atoms with Crippen molar-refractivity contribution >= 4 is 39.1 Å². The van der Waals surface area contributed by atoms with E-state index in [1.54, 1.807) is 7.05 Å². The van der Waals surface area contributed by atoms with Gasteiger partial charge in [0.1, 0.15) is 0 Å². The van der Waals surface area contributed by atoms with Gasteiger partial charge in [-0.3, -0.25) is 9.59 Å². The Morgan fingerprint density at radius 1 is 1.19 bits per heavy atom. The first kappa shape index (κ1) is 22.4. The number of anilines is 1. The second-order valence-electron chi connectivity index (χ2n) is 6.14. The quantitative estimate of drug-likeness (QED) is 0.519. The summed E-state index contributed by atoms with van der Waals surface area (Å²) in [6.07, 6.45) is 0.843. The van der Waals surface area contributed by atoms with Gasteiger partial charge < -0.3 is 15.5 Å². The lowest BCUT2D eigenvalue weighted by Gasteiger charge is -2.15. The molecule has 10 heteroatoms. The number of carbonyl (C=O) groups excluding carboxylic acids is 2. The first-order valence-electron chi connectivity index (χ1n) is 8.17. The van der Waals surface area contributed by atoms with E-state index >= 15 is 0 Å². The summed E-state index contributed by atoms with van der Waals surface area (Å²) in [5.41, 5.74) is 0.211. The zero-order valence-corrected chi connectivity index (χ0v) is 17.0. The minimum absolute atomic E-state index is 0.0295. The van der Waals surface area contributed by atoms with Gasteiger partial charge in [-0.1, -0.05) is 18.5 Å². The van der Waals surface area contributed by atoms with Crippen LogP contribution in [0.15, 0.2) is 23.1 Å². The van der Waals surface area contributed by atoms with Crippen LogP contribution < -0.4 is 15.5 Å². The first-order chi connectivity index (χ1) is 12.1. The number of nitrogens with zero attached hydrogens (tertiary/aromatic N) is 1. The largest absolute Gasteiger partial charge is 0.351 e. The van der Waals surface area contributed by atoms with Crippen LogP contribution in [-0.4, -0.2) is 65.3 Å². The molecule has 1 atom stereocenters. The average Bonchev–Trinajstić information content (AvgIpc) is 2.54. The molecule has 0 heterocycles. The fraction of sp³-hybridized carbons (Fsp3) is 0.500. The molecule has 2 amide bonds. The fourth-order valence-electron chi connectivity index (χ4n) is 2.10. The van der Waals surface area contributed by atoms with E-state index < -0.39 is 10.0 Å². The Hall–Kier alpha value is -1.68. The normalized spacial score (nSPS) is 12.7. The maximum atomic E-state index is 12.2. The minimum Gasteiger partial charge on any atom is -0.351 e. The van der Waals surface area contributed by atoms with Crippen molar-refractivity contribution in [3.05, 3.63) is 23.2 Å². The monoisotopic (exact) mass is 405 g/mol. The smallest absolute Gasteiger partial charge is 0.279 e. The van der Waals surface area contributed by atoms with E-state index in [9.17, 15) is 18.0 Å². The number of hydrogen-bond acceptors (Lipinski definition) is 4. The van der Waals surface area contributed by atoms with E-state index in [0.717, 1.165) is 10.7 Å². The van der Waals surface area contributed by atoms with Gasteiger partial charge >= 0.3 is 0 Å². The number of benzene rings is 1. The van der Waals surface area contributed by atoms with Crippen LogP contribution in [0.25, 0.3) is 0 Å². The highest BCUT2D eigenvalue weighted by Crippen LogP contribution is 2.26. The highest BCUT2D eigenvalue weighted by atomic mass is 35.5. The molecule has 0 radical (unpaired) electrons. The lowest BCUT2D eigenvalue weighted by atomic mass is 10.3. The van der Waals surface area contributed by atoms with E-state index in [0.29, 0.717) is 11.4 Å². The average molecular weight is 406 g/mol. The third-order valence-corrected chi connectivity index (χ3v) is 5.63. The van der Waals surface area contributed by atoms with Crippen LogP contribution in [0.3, 0.4) is 0 Å². The molecule has 8 nitrogen and oxygen atoms in total. The summed E-state index contributed by atoms with van der Waals surface area (Å²) in [5, 5.41) is 5.58. The van der Waals surface area contributed by atoms with Gasteiger partial charge in [-0.05, 0) is 24.6 Å². The first-order valence-corrected chi connectivity index (χ1v) is 9.99. The summed E-state index contributed by atoms with van der Waals surface area (Å²) in [4.78, 5) is 24.6. The van der Waals surface area contributed by atoms with Gasteiger partial charge in [0, 0.05) is 20.6 Å². The molecule has 1 aromatic rings. The van der Waals surface area contributed by atoms with Gasteiger partial charge in [0.25, 0.3) is 11.8 Å². The lowest BCUT2D eigenvalue weighted by Crippen LogP contribution is -3.11. The fourth-order valence-corrected chi connectivity index (χ4v) is 3.20. The Kier molecular flexibility index (Phi) is 8.48. The Balaban J connectivity index is 2.76. The molecule has 1 aromatic carbocycles. The number of rotatable bonds is 9. The predicted octanol–water partition coefficient (Wildman–Crippen LogP) is -0.430. The number of sulfonamides is 1. The SMILES string of the molecule is CCCNC(=O)C[NH+](C)CC(=O)Nc1cc(S(=O)(=O)N(C)C)ccc1Cl. The van der Waals surface area contributed by atoms with Crippen LogP contribution >= 0.6 is 11.6 Å². The number of quaternary nitrogens is 1. The van der Waals surface area contributed by atoms with Crippen molar-refractivity contribution in [2.45, 2.75) is 18.2 Å². The zero-order chi connectivity index (χ0) is 19.9. The Labute approximate surface area is 159 Å². The van der Waals surface area contributed by atoms with Crippen LogP contribution in [0, 0.1) is 0 Å². The molecule has 0 aliphatic carbocycles. The molecule has 1 unspecified atom stereocenters. The highest BCUT2D eigenvalue weighted by molar-refractivity contribution is 7.89. The number of carbonyl (C=O) groups is 2. The number of hydrogen-bond donors (Lipinski definition) is 3. The second-order valence-corrected chi connectivity index (χ2v) is 8.70. The van der Waals surface area contributed by atoms with Gasteiger partial charge in [0.05, 0.1) is 22.7 Å². The molecule has 26 heavy (non-hydrogen) atoms. The predicted molar refractivity (Wildman–Crippen MR) is 101 cm³/mol. The third kappa shape index (κ3) is 6.56. The molecule has 0 saturated carbocycles. The van der Waals surface area contributed by atoms with E-state index in [-0.39, 0.29) is 40.5 Å². The van der Waals surface area contributed by atoms with E-state index in [4.69, 9.17) is 11.6 Å². The van der Waals surface area contributed by atoms with E-state index in [1.165, 1.54) is 32.3 Å². The molecule has 0 aliphatic heterocycles. The van der Waals surface area contributed by atoms with Gasteiger partial charge in [0.2, 0.25) is 10.0 Å². The van der Waals surface area contributed by atoms with Gasteiger partial charge in [-0.25, -0.2) is 12.7 Å². The Morgan fingerprint density at radius 3 is 2.38 bits per heavy atom. The van der Waals surface area contributed by atoms with Gasteiger partial charge in [0.15, 0.2) is 13.1 Å². The highest BCUT2D eigenvalue weighted by Gasteiger charge is 2.20. The van der Waals surface area contributed by atoms with Crippen molar-refractivity contribution in [3.8, 4) is 0 Å². The van der Waals surface area contributed by atoms with Crippen LogP contribution in [0.5, 0.6) is 0 Å². The molecule has 0 bridgehead atoms. The van der Waals surface area contributed by atoms with Crippen molar-refractivity contribution in [3.63, 3.8) is 0 Å². The van der Waals surface area contributed by atoms with E-state index in [2.05, 4.69) is 10.6 Å². The van der Waals surface area contributed by atoms with Crippen molar-refractivity contribution < 1.29 is 22.9 Å². The standard InChI is InChI=1S/C16H25ClN4O4S/c1-5-8-18-15(22)10-21(4)11-16(23)19-14-9-12(6-7-13(14)17)26(24,25)20(2)3/h6-7,9H,5,8,10-11H2,1-4H3,(H,18,22)(H,19,23)/p+1. The number of nitrogens with one attached hydrogen (secondary N) is 3. The molecule has 0 aliphatic rings. The summed E-state index contributed by atoms with van der Waals surface area (Å²) in [6.45, 7) is 2.76. The van der Waals surface area contributed by atoms with Crippen molar-refractivity contribution in [2.75, 3.05) is 46.1 Å². The van der Waals surface area contributed by atoms with Crippen LogP contribution in [0.4, 0.5) is 5.69 Å². The van der Waals surface area contributed by atoms with E-state index in [1.807, 2.05) is 6.92 Å². The maximum Gasteiger partial charge on any atom is 0.279 e. The topological polar surface area (TPSA) is 100 Å². The molecule has 0 saturated heterocycles. The van der Waals surface area contributed by atoms with Gasteiger partial charge in [-0.2, -0.15) is 0 Å². The number of likely N-dealkylation sites (N-methyl/N-ethyl adjacent to an activating group) is 1. The molecule has 0 spiro atoms. The summed E-state index contributed by atoms with van der Waals surface area (Å²) >= 11 is 6.05. The van der Waals surface area contributed by atoms with Crippen LogP contribution in [-0.2, 0) is 19.6 Å². The van der Waals surface area contributed by atoms with Crippen molar-refractivity contribution in [2.24, 2.45) is 0 Å². The molecular formula is C16H26ClN4O4S+. The molecule has 0 fully saturated rings. The maximum absolute atomic E-state index is 12.2. The molecule has 1 rings (SSSR count). The van der Waals surface area contributed by atoms with Crippen molar-refractivity contribution in [1.82, 2.24) is 9.62 Å². The van der Waals surface area contributed by atoms with Crippen LogP contribution in [0.2, 0.25) is 5.02 Å². The molecule has 0 aromatic heterocycles. The van der Waals surface area contributed by atoms with Crippen molar-refractivity contribution in [1.29, 1.82) is 0 Å². The molecule has 146 valence electrons. The zero-order valence-electron chi connectivity index (χ0n) is 15.4. The number of amides is 2. The summed E-state index contributed by atoms with van der Waals surface area (Å²) in [6, 6.07) is 4.12.